The number of likely N-dealkylation sites (N-methyl/N-ethyl adjacent to an activating group) is 1. The van der Waals surface area contributed by atoms with Gasteiger partial charge in [-0.05, 0) is 40.1 Å². The van der Waals surface area contributed by atoms with E-state index in [0.29, 0.717) is 25.2 Å². The standard InChI is InChI=1S/C18H26FN7O/c1-12-21-18(24-23-12)14-5-7-26(9-13-4-6-20-8-15(13)19)10-16(14)22-17(27)11-25(2)3/h4,6,8,14,16H,5,7,9-11H2,1-3H3,(H,22,27)(H,21,23,24)/t14-,16+/m0/s1. The van der Waals surface area contributed by atoms with Crippen molar-refractivity contribution in [3.05, 3.63) is 41.5 Å². The number of nitrogens with zero attached hydrogens (tertiary/aromatic N) is 5. The summed E-state index contributed by atoms with van der Waals surface area (Å²) in [7, 11) is 3.71. The van der Waals surface area contributed by atoms with Gasteiger partial charge < -0.3 is 10.2 Å². The molecule has 2 aromatic heterocycles. The van der Waals surface area contributed by atoms with E-state index < -0.39 is 0 Å². The van der Waals surface area contributed by atoms with E-state index in [9.17, 15) is 9.18 Å². The van der Waals surface area contributed by atoms with Gasteiger partial charge in [0.2, 0.25) is 5.91 Å². The van der Waals surface area contributed by atoms with Crippen LogP contribution >= 0.6 is 0 Å². The molecule has 146 valence electrons. The van der Waals surface area contributed by atoms with Crippen LogP contribution in [0.5, 0.6) is 0 Å². The summed E-state index contributed by atoms with van der Waals surface area (Å²) in [6.07, 6.45) is 3.61. The lowest BCUT2D eigenvalue weighted by Crippen LogP contribution is -2.53. The lowest BCUT2D eigenvalue weighted by molar-refractivity contribution is -0.123. The molecule has 3 heterocycles. The number of rotatable bonds is 6. The van der Waals surface area contributed by atoms with Gasteiger partial charge in [0.05, 0.1) is 18.8 Å². The number of amides is 1. The van der Waals surface area contributed by atoms with Gasteiger partial charge in [0.15, 0.2) is 5.82 Å². The molecule has 2 aromatic rings. The average molecular weight is 375 g/mol. The Kier molecular flexibility index (Phi) is 6.12. The van der Waals surface area contributed by atoms with Crippen molar-refractivity contribution < 1.29 is 9.18 Å². The lowest BCUT2D eigenvalue weighted by Gasteiger charge is -2.38. The zero-order valence-corrected chi connectivity index (χ0v) is 15.9. The van der Waals surface area contributed by atoms with E-state index in [0.717, 1.165) is 24.6 Å². The highest BCUT2D eigenvalue weighted by atomic mass is 19.1. The third-order valence-corrected chi connectivity index (χ3v) is 4.70. The number of halogens is 1. The summed E-state index contributed by atoms with van der Waals surface area (Å²) in [5.41, 5.74) is 0.607. The van der Waals surface area contributed by atoms with Gasteiger partial charge in [0.25, 0.3) is 0 Å². The second-order valence-corrected chi connectivity index (χ2v) is 7.29. The van der Waals surface area contributed by atoms with Gasteiger partial charge in [0, 0.05) is 30.8 Å². The normalized spacial score (nSPS) is 20.8. The number of H-pyrrole nitrogens is 1. The largest absolute Gasteiger partial charge is 0.350 e. The predicted octanol–water partition coefficient (Wildman–Crippen LogP) is 0.683. The SMILES string of the molecule is Cc1nc([C@H]2CCN(Cc3ccncc3F)C[C@H]2NC(=O)CN(C)C)n[nH]1. The van der Waals surface area contributed by atoms with E-state index in [1.165, 1.54) is 6.20 Å². The molecule has 2 N–H and O–H groups in total. The van der Waals surface area contributed by atoms with Gasteiger partial charge in [-0.2, -0.15) is 5.10 Å². The maximum Gasteiger partial charge on any atom is 0.234 e. The highest BCUT2D eigenvalue weighted by molar-refractivity contribution is 5.78. The van der Waals surface area contributed by atoms with Crippen LogP contribution in [0.1, 0.15) is 29.6 Å². The average Bonchev–Trinajstić information content (AvgIpc) is 3.02. The monoisotopic (exact) mass is 375 g/mol. The summed E-state index contributed by atoms with van der Waals surface area (Å²) in [5, 5.41) is 10.3. The molecule has 2 atom stereocenters. The molecule has 1 amide bonds. The van der Waals surface area contributed by atoms with E-state index in [4.69, 9.17) is 0 Å². The first-order valence-corrected chi connectivity index (χ1v) is 9.06. The minimum absolute atomic E-state index is 0.0274. The summed E-state index contributed by atoms with van der Waals surface area (Å²) in [6, 6.07) is 1.56. The number of carbonyl (C=O) groups is 1. The number of hydrogen-bond acceptors (Lipinski definition) is 6. The number of piperidine rings is 1. The van der Waals surface area contributed by atoms with Crippen LogP contribution in [0.4, 0.5) is 4.39 Å². The van der Waals surface area contributed by atoms with Gasteiger partial charge >= 0.3 is 0 Å². The van der Waals surface area contributed by atoms with Crippen molar-refractivity contribution in [2.75, 3.05) is 33.7 Å². The topological polar surface area (TPSA) is 90.0 Å². The van der Waals surface area contributed by atoms with Crippen LogP contribution in [0.3, 0.4) is 0 Å². The molecule has 27 heavy (non-hydrogen) atoms. The molecule has 0 unspecified atom stereocenters. The fourth-order valence-corrected chi connectivity index (χ4v) is 3.46. The van der Waals surface area contributed by atoms with Gasteiger partial charge in [-0.3, -0.25) is 19.8 Å². The Hall–Kier alpha value is -2.39. The Bertz CT molecular complexity index is 779. The highest BCUT2D eigenvalue weighted by Gasteiger charge is 2.34. The first kappa shape index (κ1) is 19.4. The molecule has 1 fully saturated rings. The molecule has 8 nitrogen and oxygen atoms in total. The zero-order chi connectivity index (χ0) is 19.4. The number of aromatic nitrogens is 4. The van der Waals surface area contributed by atoms with Crippen LogP contribution in [0.15, 0.2) is 18.5 Å². The Balaban J connectivity index is 1.73. The maximum atomic E-state index is 14.0. The number of likely N-dealkylation sites (tertiary alicyclic amines) is 1. The number of hydrogen-bond donors (Lipinski definition) is 2. The number of pyridine rings is 1. The quantitative estimate of drug-likeness (QED) is 0.772. The molecule has 0 spiro atoms. The smallest absolute Gasteiger partial charge is 0.234 e. The van der Waals surface area contributed by atoms with Crippen LogP contribution in [-0.4, -0.2) is 75.6 Å². The van der Waals surface area contributed by atoms with Crippen molar-refractivity contribution >= 4 is 5.91 Å². The van der Waals surface area contributed by atoms with Crippen molar-refractivity contribution in [3.8, 4) is 0 Å². The summed E-state index contributed by atoms with van der Waals surface area (Å²) >= 11 is 0. The van der Waals surface area contributed by atoms with Crippen LogP contribution < -0.4 is 5.32 Å². The number of nitrogens with one attached hydrogen (secondary N) is 2. The van der Waals surface area contributed by atoms with E-state index in [2.05, 4.69) is 30.4 Å². The van der Waals surface area contributed by atoms with E-state index in [1.807, 2.05) is 25.9 Å². The van der Waals surface area contributed by atoms with Gasteiger partial charge in [-0.15, -0.1) is 0 Å². The Morgan fingerprint density at radius 3 is 2.96 bits per heavy atom. The molecule has 0 bridgehead atoms. The molecule has 1 aliphatic heterocycles. The summed E-state index contributed by atoms with van der Waals surface area (Å²) in [5.74, 6) is 1.15. The Morgan fingerprint density at radius 2 is 2.30 bits per heavy atom. The Labute approximate surface area is 158 Å². The second kappa shape index (κ2) is 8.53. The molecular weight excluding hydrogens is 349 g/mol. The van der Waals surface area contributed by atoms with Crippen LogP contribution in [0.2, 0.25) is 0 Å². The molecular formula is C18H26FN7O. The van der Waals surface area contributed by atoms with Crippen molar-refractivity contribution in [1.82, 2.24) is 35.3 Å². The van der Waals surface area contributed by atoms with Crippen molar-refractivity contribution in [2.45, 2.75) is 31.8 Å². The molecule has 0 radical (unpaired) electrons. The van der Waals surface area contributed by atoms with Gasteiger partial charge in [-0.1, -0.05) is 0 Å². The molecule has 1 saturated heterocycles. The Morgan fingerprint density at radius 1 is 1.48 bits per heavy atom. The zero-order valence-electron chi connectivity index (χ0n) is 15.9. The number of aryl methyl sites for hydroxylation is 1. The molecule has 1 aliphatic rings. The first-order valence-electron chi connectivity index (χ1n) is 9.06. The van der Waals surface area contributed by atoms with Crippen molar-refractivity contribution in [1.29, 1.82) is 0 Å². The molecule has 0 aliphatic carbocycles. The number of carbonyl (C=O) groups excluding carboxylic acids is 1. The van der Waals surface area contributed by atoms with Gasteiger partial charge in [-0.25, -0.2) is 9.37 Å². The van der Waals surface area contributed by atoms with Crippen molar-refractivity contribution in [2.24, 2.45) is 0 Å². The maximum absolute atomic E-state index is 14.0. The third kappa shape index (κ3) is 5.08. The molecule has 9 heteroatoms. The second-order valence-electron chi connectivity index (χ2n) is 7.29. The third-order valence-electron chi connectivity index (χ3n) is 4.70. The first-order chi connectivity index (χ1) is 12.9. The highest BCUT2D eigenvalue weighted by Crippen LogP contribution is 2.27. The minimum atomic E-state index is -0.308. The van der Waals surface area contributed by atoms with E-state index >= 15 is 0 Å². The molecule has 3 rings (SSSR count). The van der Waals surface area contributed by atoms with Crippen molar-refractivity contribution in [3.63, 3.8) is 0 Å². The van der Waals surface area contributed by atoms with Crippen LogP contribution in [-0.2, 0) is 11.3 Å². The lowest BCUT2D eigenvalue weighted by atomic mass is 9.90. The molecule has 0 saturated carbocycles. The fraction of sp³-hybridized carbons (Fsp3) is 0.556. The number of aromatic amines is 1. The van der Waals surface area contributed by atoms with Crippen LogP contribution in [0, 0.1) is 12.7 Å². The fourth-order valence-electron chi connectivity index (χ4n) is 3.46. The molecule has 0 aromatic carbocycles. The van der Waals surface area contributed by atoms with Crippen LogP contribution in [0.25, 0.3) is 0 Å². The minimum Gasteiger partial charge on any atom is -0.350 e. The summed E-state index contributed by atoms with van der Waals surface area (Å²) in [6.45, 7) is 4.04. The summed E-state index contributed by atoms with van der Waals surface area (Å²) < 4.78 is 14.0. The van der Waals surface area contributed by atoms with E-state index in [1.54, 1.807) is 12.3 Å². The predicted molar refractivity (Wildman–Crippen MR) is 98.4 cm³/mol. The van der Waals surface area contributed by atoms with Gasteiger partial charge in [0.1, 0.15) is 11.6 Å². The van der Waals surface area contributed by atoms with E-state index in [-0.39, 0.29) is 23.7 Å². The summed E-state index contributed by atoms with van der Waals surface area (Å²) in [4.78, 5) is 24.6.